The van der Waals surface area contributed by atoms with Crippen molar-refractivity contribution in [2.24, 2.45) is 0 Å². The Balaban J connectivity index is 1.53. The first-order valence-corrected chi connectivity index (χ1v) is 10.6. The van der Waals surface area contributed by atoms with Gasteiger partial charge in [0.25, 0.3) is 5.91 Å². The summed E-state index contributed by atoms with van der Waals surface area (Å²) >= 11 is 0. The molecule has 2 aromatic carbocycles. The molecule has 0 spiro atoms. The minimum atomic E-state index is -0.536. The first-order valence-electron chi connectivity index (χ1n) is 10.6. The number of hydrogen-bond donors (Lipinski definition) is 1. The number of carbonyl (C=O) groups is 1. The van der Waals surface area contributed by atoms with Crippen LogP contribution in [0.1, 0.15) is 30.5 Å². The molecule has 5 nitrogen and oxygen atoms in total. The highest BCUT2D eigenvalue weighted by molar-refractivity contribution is 5.80. The molecule has 0 bridgehead atoms. The Bertz CT molecular complexity index is 800. The number of nitrogens with one attached hydrogen (secondary N) is 1. The quantitative estimate of drug-likeness (QED) is 0.745. The van der Waals surface area contributed by atoms with Crippen LogP contribution in [0.4, 0.5) is 0 Å². The van der Waals surface area contributed by atoms with Crippen molar-refractivity contribution < 1.29 is 9.53 Å². The summed E-state index contributed by atoms with van der Waals surface area (Å²) in [6, 6.07) is 16.1. The van der Waals surface area contributed by atoms with Crippen molar-refractivity contribution in [2.45, 2.75) is 40.0 Å². The van der Waals surface area contributed by atoms with Crippen LogP contribution in [0.15, 0.2) is 48.5 Å². The fourth-order valence-electron chi connectivity index (χ4n) is 3.66. The molecule has 156 valence electrons. The number of amides is 1. The van der Waals surface area contributed by atoms with E-state index in [9.17, 15) is 4.79 Å². The van der Waals surface area contributed by atoms with Crippen molar-refractivity contribution in [3.63, 3.8) is 0 Å². The molecule has 1 aliphatic rings. The van der Waals surface area contributed by atoms with Crippen LogP contribution in [0.3, 0.4) is 0 Å². The van der Waals surface area contributed by atoms with Crippen LogP contribution in [-0.4, -0.2) is 54.5 Å². The fourth-order valence-corrected chi connectivity index (χ4v) is 3.66. The zero-order valence-electron chi connectivity index (χ0n) is 17.9. The second-order valence-electron chi connectivity index (χ2n) is 7.77. The number of nitrogens with zero attached hydrogens (tertiary/aromatic N) is 2. The van der Waals surface area contributed by atoms with Crippen molar-refractivity contribution in [1.29, 1.82) is 0 Å². The van der Waals surface area contributed by atoms with E-state index in [2.05, 4.69) is 40.2 Å². The van der Waals surface area contributed by atoms with Gasteiger partial charge in [-0.1, -0.05) is 43.3 Å². The van der Waals surface area contributed by atoms with Crippen molar-refractivity contribution in [3.05, 3.63) is 65.2 Å². The molecule has 1 N–H and O–H groups in total. The van der Waals surface area contributed by atoms with Crippen LogP contribution in [0.5, 0.6) is 5.75 Å². The van der Waals surface area contributed by atoms with Gasteiger partial charge in [0.2, 0.25) is 0 Å². The second-order valence-corrected chi connectivity index (χ2v) is 7.77. The molecule has 0 saturated carbocycles. The number of benzene rings is 2. The lowest BCUT2D eigenvalue weighted by atomic mass is 10.1. The Morgan fingerprint density at radius 3 is 2.41 bits per heavy atom. The van der Waals surface area contributed by atoms with Gasteiger partial charge in [0.05, 0.1) is 0 Å². The lowest BCUT2D eigenvalue weighted by Crippen LogP contribution is -2.45. The number of likely N-dealkylation sites (N-methyl/N-ethyl adjacent to an activating group) is 1. The summed E-state index contributed by atoms with van der Waals surface area (Å²) < 4.78 is 5.79. The topological polar surface area (TPSA) is 44.8 Å². The molecule has 3 rings (SSSR count). The van der Waals surface area contributed by atoms with Gasteiger partial charge in [0, 0.05) is 39.3 Å². The van der Waals surface area contributed by atoms with Gasteiger partial charge in [-0.3, -0.25) is 9.69 Å². The normalized spacial score (nSPS) is 16.4. The third kappa shape index (κ3) is 6.31. The van der Waals surface area contributed by atoms with Crippen LogP contribution < -0.4 is 10.1 Å². The van der Waals surface area contributed by atoms with Gasteiger partial charge < -0.3 is 15.0 Å². The largest absolute Gasteiger partial charge is 0.481 e. The van der Waals surface area contributed by atoms with Gasteiger partial charge in [-0.05, 0) is 49.2 Å². The predicted molar refractivity (Wildman–Crippen MR) is 117 cm³/mol. The molecule has 2 aromatic rings. The summed E-state index contributed by atoms with van der Waals surface area (Å²) in [6.07, 6.45) is -0.536. The molecule has 0 radical (unpaired) electrons. The standard InChI is InChI=1S/C24H33N3O2/c1-4-26-12-14-27(15-13-26)18-22-10-6-5-9-21(22)17-25-24(28)20(3)29-23-11-7-8-19(2)16-23/h5-11,16,20H,4,12-15,17-18H2,1-3H3,(H,25,28). The van der Waals surface area contributed by atoms with E-state index in [4.69, 9.17) is 4.74 Å². The van der Waals surface area contributed by atoms with Crippen molar-refractivity contribution in [1.82, 2.24) is 15.1 Å². The highest BCUT2D eigenvalue weighted by Gasteiger charge is 2.18. The first kappa shape index (κ1) is 21.3. The lowest BCUT2D eigenvalue weighted by Gasteiger charge is -2.34. The van der Waals surface area contributed by atoms with E-state index in [0.717, 1.165) is 50.6 Å². The van der Waals surface area contributed by atoms with Crippen molar-refractivity contribution in [3.8, 4) is 5.75 Å². The van der Waals surface area contributed by atoms with Gasteiger partial charge in [-0.15, -0.1) is 0 Å². The molecular weight excluding hydrogens is 362 g/mol. The highest BCUT2D eigenvalue weighted by Crippen LogP contribution is 2.16. The third-order valence-corrected chi connectivity index (χ3v) is 5.55. The molecule has 29 heavy (non-hydrogen) atoms. The summed E-state index contributed by atoms with van der Waals surface area (Å²) in [4.78, 5) is 17.5. The smallest absolute Gasteiger partial charge is 0.261 e. The van der Waals surface area contributed by atoms with E-state index in [1.54, 1.807) is 6.92 Å². The molecule has 1 aliphatic heterocycles. The lowest BCUT2D eigenvalue weighted by molar-refractivity contribution is -0.127. The molecule has 5 heteroatoms. The summed E-state index contributed by atoms with van der Waals surface area (Å²) in [5.74, 6) is 0.622. The average Bonchev–Trinajstić information content (AvgIpc) is 2.73. The number of hydrogen-bond acceptors (Lipinski definition) is 4. The Kier molecular flexibility index (Phi) is 7.67. The van der Waals surface area contributed by atoms with Crippen LogP contribution in [0, 0.1) is 6.92 Å². The van der Waals surface area contributed by atoms with E-state index in [1.165, 1.54) is 11.1 Å². The average molecular weight is 396 g/mol. The van der Waals surface area contributed by atoms with Crippen molar-refractivity contribution in [2.75, 3.05) is 32.7 Å². The first-order chi connectivity index (χ1) is 14.0. The third-order valence-electron chi connectivity index (χ3n) is 5.55. The van der Waals surface area contributed by atoms with E-state index in [0.29, 0.717) is 6.54 Å². The highest BCUT2D eigenvalue weighted by atomic mass is 16.5. The number of carbonyl (C=O) groups excluding carboxylic acids is 1. The number of ether oxygens (including phenoxy) is 1. The number of piperazine rings is 1. The Hall–Kier alpha value is -2.37. The molecule has 1 amide bonds. The number of rotatable bonds is 8. The van der Waals surface area contributed by atoms with Gasteiger partial charge in [0.1, 0.15) is 5.75 Å². The summed E-state index contributed by atoms with van der Waals surface area (Å²) in [6.45, 7) is 13.0. The van der Waals surface area contributed by atoms with Crippen LogP contribution in [0.2, 0.25) is 0 Å². The van der Waals surface area contributed by atoms with E-state index in [1.807, 2.05) is 37.3 Å². The molecule has 0 aliphatic carbocycles. The molecule has 1 heterocycles. The van der Waals surface area contributed by atoms with E-state index >= 15 is 0 Å². The van der Waals surface area contributed by atoms with E-state index < -0.39 is 6.10 Å². The Labute approximate surface area is 174 Å². The maximum Gasteiger partial charge on any atom is 0.261 e. The van der Waals surface area contributed by atoms with Crippen molar-refractivity contribution >= 4 is 5.91 Å². The Morgan fingerprint density at radius 1 is 1.03 bits per heavy atom. The van der Waals surface area contributed by atoms with Crippen LogP contribution >= 0.6 is 0 Å². The van der Waals surface area contributed by atoms with Gasteiger partial charge >= 0.3 is 0 Å². The minimum Gasteiger partial charge on any atom is -0.481 e. The molecule has 1 atom stereocenters. The van der Waals surface area contributed by atoms with Crippen LogP contribution in [0.25, 0.3) is 0 Å². The molecule has 1 fully saturated rings. The molecular formula is C24H33N3O2. The summed E-state index contributed by atoms with van der Waals surface area (Å²) in [5, 5.41) is 3.04. The van der Waals surface area contributed by atoms with Gasteiger partial charge in [0.15, 0.2) is 6.10 Å². The molecule has 1 unspecified atom stereocenters. The molecule has 1 saturated heterocycles. The SMILES string of the molecule is CCN1CCN(Cc2ccccc2CNC(=O)C(C)Oc2cccc(C)c2)CC1. The predicted octanol–water partition coefficient (Wildman–Crippen LogP) is 3.22. The van der Waals surface area contributed by atoms with Gasteiger partial charge in [-0.25, -0.2) is 0 Å². The Morgan fingerprint density at radius 2 is 1.72 bits per heavy atom. The summed E-state index contributed by atoms with van der Waals surface area (Å²) in [7, 11) is 0. The minimum absolute atomic E-state index is 0.0992. The maximum atomic E-state index is 12.5. The summed E-state index contributed by atoms with van der Waals surface area (Å²) in [5.41, 5.74) is 3.57. The second kappa shape index (κ2) is 10.4. The molecule has 0 aromatic heterocycles. The zero-order chi connectivity index (χ0) is 20.6. The zero-order valence-corrected chi connectivity index (χ0v) is 17.9. The number of aryl methyl sites for hydroxylation is 1. The van der Waals surface area contributed by atoms with E-state index in [-0.39, 0.29) is 5.91 Å². The fraction of sp³-hybridized carbons (Fsp3) is 0.458. The van der Waals surface area contributed by atoms with Gasteiger partial charge in [-0.2, -0.15) is 0 Å². The monoisotopic (exact) mass is 395 g/mol. The maximum absolute atomic E-state index is 12.5. The van der Waals surface area contributed by atoms with Crippen LogP contribution in [-0.2, 0) is 17.9 Å².